The summed E-state index contributed by atoms with van der Waals surface area (Å²) in [5.41, 5.74) is 1.02. The van der Waals surface area contributed by atoms with Crippen LogP contribution in [0.2, 0.25) is 0 Å². The maximum atomic E-state index is 9.52. The van der Waals surface area contributed by atoms with Crippen LogP contribution in [0.4, 0.5) is 0 Å². The van der Waals surface area contributed by atoms with Gasteiger partial charge >= 0.3 is 0 Å². The van der Waals surface area contributed by atoms with E-state index in [4.69, 9.17) is 0 Å². The Morgan fingerprint density at radius 3 is 2.81 bits per heavy atom. The Morgan fingerprint density at radius 1 is 1.38 bits per heavy atom. The van der Waals surface area contributed by atoms with E-state index in [0.29, 0.717) is 0 Å². The zero-order valence-corrected chi connectivity index (χ0v) is 10.7. The molecule has 0 amide bonds. The first-order valence-corrected chi connectivity index (χ1v) is 7.15. The number of aliphatic hydroxyl groups is 1. The van der Waals surface area contributed by atoms with Crippen molar-refractivity contribution in [2.75, 3.05) is 5.75 Å². The SMILES string of the molecule is CC(O)c1cccc(SCC2CCCC2)c1. The molecule has 1 aliphatic rings. The van der Waals surface area contributed by atoms with E-state index in [-0.39, 0.29) is 6.10 Å². The molecular weight excluding hydrogens is 216 g/mol. The van der Waals surface area contributed by atoms with Gasteiger partial charge < -0.3 is 5.11 Å². The lowest BCUT2D eigenvalue weighted by Gasteiger charge is -2.10. The minimum Gasteiger partial charge on any atom is -0.389 e. The number of benzene rings is 1. The molecule has 88 valence electrons. The predicted molar refractivity (Wildman–Crippen MR) is 69.8 cm³/mol. The first kappa shape index (κ1) is 12.0. The first-order chi connectivity index (χ1) is 7.75. The van der Waals surface area contributed by atoms with E-state index in [9.17, 15) is 5.11 Å². The van der Waals surface area contributed by atoms with Crippen LogP contribution in [-0.4, -0.2) is 10.9 Å². The van der Waals surface area contributed by atoms with Crippen LogP contribution in [0, 0.1) is 5.92 Å². The third-order valence-electron chi connectivity index (χ3n) is 3.30. The third kappa shape index (κ3) is 3.26. The van der Waals surface area contributed by atoms with E-state index < -0.39 is 0 Å². The van der Waals surface area contributed by atoms with E-state index in [1.165, 1.54) is 36.3 Å². The monoisotopic (exact) mass is 236 g/mol. The summed E-state index contributed by atoms with van der Waals surface area (Å²) < 4.78 is 0. The van der Waals surface area contributed by atoms with Crippen molar-refractivity contribution in [2.45, 2.75) is 43.6 Å². The van der Waals surface area contributed by atoms with E-state index in [1.807, 2.05) is 30.8 Å². The van der Waals surface area contributed by atoms with Gasteiger partial charge in [0.15, 0.2) is 0 Å². The molecule has 2 rings (SSSR count). The highest BCUT2D eigenvalue weighted by atomic mass is 32.2. The zero-order chi connectivity index (χ0) is 11.4. The molecule has 0 aromatic heterocycles. The van der Waals surface area contributed by atoms with E-state index in [0.717, 1.165) is 11.5 Å². The molecule has 1 aromatic rings. The lowest BCUT2D eigenvalue weighted by molar-refractivity contribution is 0.199. The Morgan fingerprint density at radius 2 is 2.12 bits per heavy atom. The van der Waals surface area contributed by atoms with Crippen molar-refractivity contribution >= 4 is 11.8 Å². The molecular formula is C14H20OS. The normalized spacial score (nSPS) is 18.9. The second-order valence-corrected chi connectivity index (χ2v) is 5.80. The summed E-state index contributed by atoms with van der Waals surface area (Å²) in [6.45, 7) is 1.82. The summed E-state index contributed by atoms with van der Waals surface area (Å²) in [6.07, 6.45) is 5.29. The number of hydrogen-bond donors (Lipinski definition) is 1. The highest BCUT2D eigenvalue weighted by Gasteiger charge is 2.15. The van der Waals surface area contributed by atoms with Gasteiger partial charge in [-0.3, -0.25) is 0 Å². The molecule has 1 aromatic carbocycles. The molecule has 2 heteroatoms. The maximum Gasteiger partial charge on any atom is 0.0762 e. The lowest BCUT2D eigenvalue weighted by atomic mass is 10.1. The Kier molecular flexibility index (Phi) is 4.30. The fourth-order valence-corrected chi connectivity index (χ4v) is 3.41. The van der Waals surface area contributed by atoms with Crippen LogP contribution in [0.1, 0.15) is 44.3 Å². The molecule has 0 aliphatic heterocycles. The molecule has 0 bridgehead atoms. The van der Waals surface area contributed by atoms with Crippen LogP contribution >= 0.6 is 11.8 Å². The van der Waals surface area contributed by atoms with Crippen molar-refractivity contribution in [3.63, 3.8) is 0 Å². The van der Waals surface area contributed by atoms with Gasteiger partial charge in [-0.15, -0.1) is 11.8 Å². The van der Waals surface area contributed by atoms with Gasteiger partial charge in [0.2, 0.25) is 0 Å². The van der Waals surface area contributed by atoms with Gasteiger partial charge in [0.25, 0.3) is 0 Å². The van der Waals surface area contributed by atoms with Gasteiger partial charge in [0, 0.05) is 10.6 Å². The summed E-state index contributed by atoms with van der Waals surface area (Å²) in [5.74, 6) is 2.16. The van der Waals surface area contributed by atoms with Crippen LogP contribution in [0.5, 0.6) is 0 Å². The van der Waals surface area contributed by atoms with Crippen molar-refractivity contribution in [1.29, 1.82) is 0 Å². The van der Waals surface area contributed by atoms with E-state index in [2.05, 4.69) is 12.1 Å². The Hall–Kier alpha value is -0.470. The molecule has 1 saturated carbocycles. The molecule has 1 nitrogen and oxygen atoms in total. The number of thioether (sulfide) groups is 1. The van der Waals surface area contributed by atoms with Crippen LogP contribution in [0.15, 0.2) is 29.2 Å². The van der Waals surface area contributed by atoms with E-state index >= 15 is 0 Å². The van der Waals surface area contributed by atoms with Crippen LogP contribution < -0.4 is 0 Å². The average Bonchev–Trinajstić information content (AvgIpc) is 2.79. The molecule has 0 heterocycles. The van der Waals surface area contributed by atoms with Gasteiger partial charge in [-0.1, -0.05) is 25.0 Å². The Bertz CT molecular complexity index is 329. The predicted octanol–water partition coefficient (Wildman–Crippen LogP) is 4.02. The Labute approximate surface area is 102 Å². The largest absolute Gasteiger partial charge is 0.389 e. The highest BCUT2D eigenvalue weighted by Crippen LogP contribution is 2.31. The molecule has 16 heavy (non-hydrogen) atoms. The second-order valence-electron chi connectivity index (χ2n) is 4.71. The van der Waals surface area contributed by atoms with Crippen molar-refractivity contribution in [3.05, 3.63) is 29.8 Å². The van der Waals surface area contributed by atoms with Gasteiger partial charge in [0.1, 0.15) is 0 Å². The molecule has 1 fully saturated rings. The quantitative estimate of drug-likeness (QED) is 0.797. The standard InChI is InChI=1S/C14H20OS/c1-11(15)13-7-4-8-14(9-13)16-10-12-5-2-3-6-12/h4,7-9,11-12,15H,2-3,5-6,10H2,1H3. The topological polar surface area (TPSA) is 20.2 Å². The van der Waals surface area contributed by atoms with Crippen LogP contribution in [-0.2, 0) is 0 Å². The number of rotatable bonds is 4. The van der Waals surface area contributed by atoms with Gasteiger partial charge in [0.05, 0.1) is 6.10 Å². The van der Waals surface area contributed by atoms with E-state index in [1.54, 1.807) is 0 Å². The summed E-state index contributed by atoms with van der Waals surface area (Å²) in [7, 11) is 0. The summed E-state index contributed by atoms with van der Waals surface area (Å²) in [6, 6.07) is 8.29. The molecule has 1 aliphatic carbocycles. The lowest BCUT2D eigenvalue weighted by Crippen LogP contribution is -1.96. The highest BCUT2D eigenvalue weighted by molar-refractivity contribution is 7.99. The van der Waals surface area contributed by atoms with Crippen molar-refractivity contribution < 1.29 is 5.11 Å². The first-order valence-electron chi connectivity index (χ1n) is 6.16. The maximum absolute atomic E-state index is 9.52. The fraction of sp³-hybridized carbons (Fsp3) is 0.571. The third-order valence-corrected chi connectivity index (χ3v) is 4.53. The van der Waals surface area contributed by atoms with Gasteiger partial charge in [-0.05, 0) is 43.4 Å². The second kappa shape index (κ2) is 5.74. The van der Waals surface area contributed by atoms with Gasteiger partial charge in [-0.25, -0.2) is 0 Å². The molecule has 1 unspecified atom stereocenters. The Balaban J connectivity index is 1.90. The zero-order valence-electron chi connectivity index (χ0n) is 9.86. The number of hydrogen-bond acceptors (Lipinski definition) is 2. The van der Waals surface area contributed by atoms with Gasteiger partial charge in [-0.2, -0.15) is 0 Å². The van der Waals surface area contributed by atoms with Crippen molar-refractivity contribution in [2.24, 2.45) is 5.92 Å². The van der Waals surface area contributed by atoms with Crippen molar-refractivity contribution in [1.82, 2.24) is 0 Å². The summed E-state index contributed by atoms with van der Waals surface area (Å²) in [5, 5.41) is 9.52. The molecule has 1 atom stereocenters. The van der Waals surface area contributed by atoms with Crippen LogP contribution in [0.3, 0.4) is 0 Å². The smallest absolute Gasteiger partial charge is 0.0762 e. The average molecular weight is 236 g/mol. The minimum atomic E-state index is -0.355. The molecule has 0 spiro atoms. The summed E-state index contributed by atoms with van der Waals surface area (Å²) in [4.78, 5) is 1.30. The molecule has 1 N–H and O–H groups in total. The van der Waals surface area contributed by atoms with Crippen molar-refractivity contribution in [3.8, 4) is 0 Å². The van der Waals surface area contributed by atoms with Crippen LogP contribution in [0.25, 0.3) is 0 Å². The fourth-order valence-electron chi connectivity index (χ4n) is 2.26. The molecule has 0 radical (unpaired) electrons. The number of aliphatic hydroxyl groups excluding tert-OH is 1. The molecule has 0 saturated heterocycles. The summed E-state index contributed by atoms with van der Waals surface area (Å²) >= 11 is 1.94. The minimum absolute atomic E-state index is 0.355.